The molecule has 0 bridgehead atoms. The molecule has 1 aromatic heterocycles. The van der Waals surface area contributed by atoms with Crippen LogP contribution in [0.4, 0.5) is 4.39 Å². The first-order chi connectivity index (χ1) is 11.1. The molecule has 3 aromatic rings. The average molecular weight is 330 g/mol. The summed E-state index contributed by atoms with van der Waals surface area (Å²) in [6, 6.07) is 14.1. The summed E-state index contributed by atoms with van der Waals surface area (Å²) < 4.78 is 15.2. The maximum absolute atomic E-state index is 13.2. The lowest BCUT2D eigenvalue weighted by Gasteiger charge is -2.19. The number of nitrogens with one attached hydrogen (secondary N) is 1. The molecule has 5 heteroatoms. The molecule has 0 aliphatic heterocycles. The van der Waals surface area contributed by atoms with Crippen LogP contribution < -0.4 is 5.32 Å². The van der Waals surface area contributed by atoms with Crippen molar-refractivity contribution < 1.29 is 4.39 Å². The number of rotatable bonds is 5. The second kappa shape index (κ2) is 6.94. The molecule has 0 radical (unpaired) electrons. The van der Waals surface area contributed by atoms with Crippen molar-refractivity contribution in [3.05, 3.63) is 88.7 Å². The number of aryl methyl sites for hydroxylation is 1. The summed E-state index contributed by atoms with van der Waals surface area (Å²) in [4.78, 5) is 4.43. The maximum atomic E-state index is 13.2. The van der Waals surface area contributed by atoms with Gasteiger partial charge in [0.05, 0.1) is 6.04 Å². The van der Waals surface area contributed by atoms with Crippen LogP contribution in [0.1, 0.15) is 23.0 Å². The zero-order chi connectivity index (χ0) is 16.2. The van der Waals surface area contributed by atoms with E-state index in [1.807, 2.05) is 42.1 Å². The summed E-state index contributed by atoms with van der Waals surface area (Å²) in [5.74, 6) is 0.626. The van der Waals surface area contributed by atoms with E-state index < -0.39 is 0 Å². The number of hydrogen-bond acceptors (Lipinski definition) is 2. The highest BCUT2D eigenvalue weighted by Gasteiger charge is 2.18. The molecule has 3 rings (SSSR count). The van der Waals surface area contributed by atoms with E-state index in [1.165, 1.54) is 12.1 Å². The predicted octanol–water partition coefficient (Wildman–Crippen LogP) is 4.09. The van der Waals surface area contributed by atoms with Crippen LogP contribution in [-0.4, -0.2) is 9.55 Å². The van der Waals surface area contributed by atoms with Crippen LogP contribution in [-0.2, 0) is 13.6 Å². The van der Waals surface area contributed by atoms with Gasteiger partial charge in [-0.25, -0.2) is 9.37 Å². The number of imidazole rings is 1. The lowest BCUT2D eigenvalue weighted by Crippen LogP contribution is -2.24. The Balaban J connectivity index is 1.86. The van der Waals surface area contributed by atoms with Gasteiger partial charge in [-0.2, -0.15) is 0 Å². The number of aromatic nitrogens is 2. The normalized spacial score (nSPS) is 12.3. The predicted molar refractivity (Wildman–Crippen MR) is 89.7 cm³/mol. The number of nitrogens with zero attached hydrogens (tertiary/aromatic N) is 2. The van der Waals surface area contributed by atoms with E-state index in [2.05, 4.69) is 10.3 Å². The number of hydrogen-bond donors (Lipinski definition) is 1. The second-order valence-corrected chi connectivity index (χ2v) is 5.83. The summed E-state index contributed by atoms with van der Waals surface area (Å²) in [6.07, 6.45) is 3.65. The van der Waals surface area contributed by atoms with Crippen LogP contribution in [0.5, 0.6) is 0 Å². The van der Waals surface area contributed by atoms with Gasteiger partial charge >= 0.3 is 0 Å². The van der Waals surface area contributed by atoms with Gasteiger partial charge in [-0.15, -0.1) is 0 Å². The van der Waals surface area contributed by atoms with Gasteiger partial charge in [-0.1, -0.05) is 35.9 Å². The minimum Gasteiger partial charge on any atom is -0.336 e. The largest absolute Gasteiger partial charge is 0.336 e. The summed E-state index contributed by atoms with van der Waals surface area (Å²) >= 11 is 6.03. The first kappa shape index (κ1) is 15.7. The van der Waals surface area contributed by atoms with Crippen LogP contribution in [0, 0.1) is 5.82 Å². The number of benzene rings is 2. The Bertz CT molecular complexity index is 783. The minimum absolute atomic E-state index is 0.130. The summed E-state index contributed by atoms with van der Waals surface area (Å²) in [7, 11) is 1.94. The molecule has 23 heavy (non-hydrogen) atoms. The summed E-state index contributed by atoms with van der Waals surface area (Å²) in [6.45, 7) is 0.634. The average Bonchev–Trinajstić information content (AvgIpc) is 2.95. The van der Waals surface area contributed by atoms with Crippen molar-refractivity contribution in [1.82, 2.24) is 14.9 Å². The second-order valence-electron chi connectivity index (χ2n) is 5.39. The lowest BCUT2D eigenvalue weighted by atomic mass is 10.1. The van der Waals surface area contributed by atoms with E-state index in [-0.39, 0.29) is 11.9 Å². The third-order valence-corrected chi connectivity index (χ3v) is 3.95. The van der Waals surface area contributed by atoms with Gasteiger partial charge in [-0.3, -0.25) is 5.32 Å². The molecule has 1 heterocycles. The zero-order valence-electron chi connectivity index (χ0n) is 12.7. The Kier molecular flexibility index (Phi) is 4.74. The van der Waals surface area contributed by atoms with Crippen LogP contribution in [0.15, 0.2) is 60.9 Å². The maximum Gasteiger partial charge on any atom is 0.130 e. The lowest BCUT2D eigenvalue weighted by molar-refractivity contribution is 0.555. The molecule has 1 N–H and O–H groups in total. The van der Waals surface area contributed by atoms with Crippen molar-refractivity contribution in [2.45, 2.75) is 12.6 Å². The Morgan fingerprint density at radius 3 is 2.65 bits per heavy atom. The van der Waals surface area contributed by atoms with Crippen LogP contribution in [0.3, 0.4) is 0 Å². The SMILES string of the molecule is Cn1ccnc1C(NCc1cccc(Cl)c1)c1ccc(F)cc1. The molecule has 0 spiro atoms. The van der Waals surface area contributed by atoms with E-state index in [9.17, 15) is 4.39 Å². The van der Waals surface area contributed by atoms with Crippen molar-refractivity contribution in [1.29, 1.82) is 0 Å². The Morgan fingerprint density at radius 1 is 1.22 bits per heavy atom. The molecule has 118 valence electrons. The third kappa shape index (κ3) is 3.78. The Labute approximate surface area is 139 Å². The molecule has 0 amide bonds. The first-order valence-corrected chi connectivity index (χ1v) is 7.72. The summed E-state index contributed by atoms with van der Waals surface area (Å²) in [5.41, 5.74) is 2.04. The number of halogens is 2. The molecule has 3 nitrogen and oxygen atoms in total. The van der Waals surface area contributed by atoms with Crippen molar-refractivity contribution in [2.75, 3.05) is 0 Å². The minimum atomic E-state index is -0.248. The molecule has 1 unspecified atom stereocenters. The van der Waals surface area contributed by atoms with Gasteiger partial charge < -0.3 is 4.57 Å². The highest BCUT2D eigenvalue weighted by Crippen LogP contribution is 2.22. The molecule has 0 saturated carbocycles. The van der Waals surface area contributed by atoms with E-state index in [4.69, 9.17) is 11.6 Å². The van der Waals surface area contributed by atoms with E-state index in [1.54, 1.807) is 18.3 Å². The quantitative estimate of drug-likeness (QED) is 0.764. The van der Waals surface area contributed by atoms with Gasteiger partial charge in [0.2, 0.25) is 0 Å². The fraction of sp³-hybridized carbons (Fsp3) is 0.167. The van der Waals surface area contributed by atoms with Crippen molar-refractivity contribution in [3.63, 3.8) is 0 Å². The fourth-order valence-corrected chi connectivity index (χ4v) is 2.75. The van der Waals surface area contributed by atoms with Gasteiger partial charge in [0.1, 0.15) is 11.6 Å². The van der Waals surface area contributed by atoms with E-state index >= 15 is 0 Å². The molecule has 0 aliphatic rings. The third-order valence-electron chi connectivity index (χ3n) is 3.72. The summed E-state index contributed by atoms with van der Waals surface area (Å²) in [5, 5.41) is 4.19. The van der Waals surface area contributed by atoms with Crippen LogP contribution in [0.2, 0.25) is 5.02 Å². The fourth-order valence-electron chi connectivity index (χ4n) is 2.54. The van der Waals surface area contributed by atoms with Crippen LogP contribution in [0.25, 0.3) is 0 Å². The Morgan fingerprint density at radius 2 is 2.00 bits per heavy atom. The highest BCUT2D eigenvalue weighted by molar-refractivity contribution is 6.30. The zero-order valence-corrected chi connectivity index (χ0v) is 13.5. The molecule has 1 atom stereocenters. The van der Waals surface area contributed by atoms with Gasteiger partial charge in [0, 0.05) is 31.0 Å². The monoisotopic (exact) mass is 329 g/mol. The van der Waals surface area contributed by atoms with Crippen molar-refractivity contribution >= 4 is 11.6 Å². The van der Waals surface area contributed by atoms with Gasteiger partial charge in [-0.05, 0) is 35.4 Å². The molecular weight excluding hydrogens is 313 g/mol. The first-order valence-electron chi connectivity index (χ1n) is 7.34. The Hall–Kier alpha value is -2.17. The molecular formula is C18H17ClFN3. The highest BCUT2D eigenvalue weighted by atomic mass is 35.5. The van der Waals surface area contributed by atoms with E-state index in [0.717, 1.165) is 17.0 Å². The molecule has 0 fully saturated rings. The van der Waals surface area contributed by atoms with Crippen molar-refractivity contribution in [3.8, 4) is 0 Å². The smallest absolute Gasteiger partial charge is 0.130 e. The van der Waals surface area contributed by atoms with Gasteiger partial charge in [0.15, 0.2) is 0 Å². The topological polar surface area (TPSA) is 29.9 Å². The standard InChI is InChI=1S/C18H17ClFN3/c1-23-10-9-21-18(23)17(14-5-7-16(20)8-6-14)22-12-13-3-2-4-15(19)11-13/h2-11,17,22H,12H2,1H3. The molecule has 0 aliphatic carbocycles. The molecule has 0 saturated heterocycles. The van der Waals surface area contributed by atoms with E-state index in [0.29, 0.717) is 11.6 Å². The van der Waals surface area contributed by atoms with Gasteiger partial charge in [0.25, 0.3) is 0 Å². The molecule has 2 aromatic carbocycles. The van der Waals surface area contributed by atoms with Crippen molar-refractivity contribution in [2.24, 2.45) is 7.05 Å². The van der Waals surface area contributed by atoms with Crippen LogP contribution >= 0.6 is 11.6 Å².